The normalized spacial score (nSPS) is 13.8. The fraction of sp³-hybridized carbons (Fsp3) is 0.316. The molecular formula is C19H23ClNO5P. The molecule has 2 rings (SSSR count). The Morgan fingerprint density at radius 2 is 1.63 bits per heavy atom. The molecule has 0 saturated carbocycles. The van der Waals surface area contributed by atoms with Crippen LogP contribution < -0.4 is 5.32 Å². The first-order chi connectivity index (χ1) is 12.9. The van der Waals surface area contributed by atoms with Crippen LogP contribution in [0.5, 0.6) is 0 Å². The van der Waals surface area contributed by atoms with Crippen LogP contribution in [0.25, 0.3) is 0 Å². The van der Waals surface area contributed by atoms with Crippen molar-refractivity contribution in [1.29, 1.82) is 0 Å². The van der Waals surface area contributed by atoms with Gasteiger partial charge in [0.05, 0.1) is 6.61 Å². The third kappa shape index (κ3) is 5.41. The van der Waals surface area contributed by atoms with E-state index in [4.69, 9.17) is 25.4 Å². The smallest absolute Gasteiger partial charge is 0.351 e. The largest absolute Gasteiger partial charge is 0.465 e. The maximum absolute atomic E-state index is 13.2. The van der Waals surface area contributed by atoms with Gasteiger partial charge in [0.2, 0.25) is 0 Å². The maximum atomic E-state index is 13.2. The zero-order valence-electron chi connectivity index (χ0n) is 15.4. The van der Waals surface area contributed by atoms with E-state index >= 15 is 0 Å². The lowest BCUT2D eigenvalue weighted by molar-refractivity contribution is -0.146. The Hall–Kier alpha value is -1.69. The van der Waals surface area contributed by atoms with Gasteiger partial charge < -0.3 is 13.8 Å². The molecule has 27 heavy (non-hydrogen) atoms. The number of carbonyl (C=O) groups is 1. The Balaban J connectivity index is 2.47. The van der Waals surface area contributed by atoms with Gasteiger partial charge in [0.15, 0.2) is 0 Å². The third-order valence-corrected chi connectivity index (χ3v) is 6.34. The molecule has 2 aromatic rings. The Morgan fingerprint density at radius 1 is 1.04 bits per heavy atom. The number of hydrogen-bond acceptors (Lipinski definition) is 6. The van der Waals surface area contributed by atoms with Crippen LogP contribution >= 0.6 is 19.2 Å². The van der Waals surface area contributed by atoms with Crippen LogP contribution in [-0.4, -0.2) is 26.8 Å². The minimum Gasteiger partial charge on any atom is -0.465 e. The summed E-state index contributed by atoms with van der Waals surface area (Å²) in [5.41, 5.74) is 1.28. The Kier molecular flexibility index (Phi) is 8.02. The molecule has 8 heteroatoms. The fourth-order valence-electron chi connectivity index (χ4n) is 2.63. The molecule has 146 valence electrons. The van der Waals surface area contributed by atoms with Gasteiger partial charge in [-0.15, -0.1) is 0 Å². The second-order valence-corrected chi connectivity index (χ2v) is 8.38. The van der Waals surface area contributed by atoms with Crippen LogP contribution in [-0.2, 0) is 23.1 Å². The summed E-state index contributed by atoms with van der Waals surface area (Å²) in [7, 11) is -1.02. The lowest BCUT2D eigenvalue weighted by Gasteiger charge is -2.29. The number of rotatable bonds is 9. The van der Waals surface area contributed by atoms with Crippen LogP contribution in [0.2, 0.25) is 5.02 Å². The summed E-state index contributed by atoms with van der Waals surface area (Å²) in [6.07, 6.45) is 0. The monoisotopic (exact) mass is 411 g/mol. The highest BCUT2D eigenvalue weighted by Crippen LogP contribution is 2.59. The average molecular weight is 412 g/mol. The summed E-state index contributed by atoms with van der Waals surface area (Å²) in [5, 5.41) is 3.64. The minimum atomic E-state index is -3.62. The van der Waals surface area contributed by atoms with Gasteiger partial charge >= 0.3 is 13.6 Å². The summed E-state index contributed by atoms with van der Waals surface area (Å²) in [6.45, 7) is 1.95. The number of halogens is 1. The van der Waals surface area contributed by atoms with E-state index in [0.29, 0.717) is 16.1 Å². The van der Waals surface area contributed by atoms with Crippen molar-refractivity contribution in [2.45, 2.75) is 18.7 Å². The topological polar surface area (TPSA) is 73.9 Å². The van der Waals surface area contributed by atoms with E-state index in [-0.39, 0.29) is 6.61 Å². The zero-order valence-corrected chi connectivity index (χ0v) is 17.1. The first-order valence-corrected chi connectivity index (χ1v) is 10.4. The zero-order chi connectivity index (χ0) is 19.9. The molecule has 0 spiro atoms. The van der Waals surface area contributed by atoms with Crippen molar-refractivity contribution in [1.82, 2.24) is 5.32 Å². The molecule has 0 fully saturated rings. The molecule has 6 nitrogen and oxygen atoms in total. The molecule has 0 bridgehead atoms. The highest BCUT2D eigenvalue weighted by Gasteiger charge is 2.39. The maximum Gasteiger partial charge on any atom is 0.351 e. The Bertz CT molecular complexity index is 776. The van der Waals surface area contributed by atoms with Crippen molar-refractivity contribution in [3.05, 3.63) is 70.7 Å². The van der Waals surface area contributed by atoms with Gasteiger partial charge in [0.25, 0.3) is 0 Å². The van der Waals surface area contributed by atoms with Crippen molar-refractivity contribution < 1.29 is 23.1 Å². The van der Waals surface area contributed by atoms with Crippen LogP contribution in [0.4, 0.5) is 0 Å². The molecular weight excluding hydrogens is 389 g/mol. The van der Waals surface area contributed by atoms with E-state index in [0.717, 1.165) is 0 Å². The second kappa shape index (κ2) is 10.0. The summed E-state index contributed by atoms with van der Waals surface area (Å²) in [5.74, 6) is -1.39. The predicted octanol–water partition coefficient (Wildman–Crippen LogP) is 4.72. The van der Waals surface area contributed by atoms with Crippen LogP contribution in [0, 0.1) is 0 Å². The molecule has 1 N–H and O–H groups in total. The number of benzene rings is 2. The molecule has 1 unspecified atom stereocenters. The molecule has 0 aliphatic carbocycles. The minimum absolute atomic E-state index is 0.224. The van der Waals surface area contributed by atoms with Crippen molar-refractivity contribution in [2.75, 3.05) is 20.8 Å². The number of ether oxygens (including phenoxy) is 1. The number of nitrogens with one attached hydrogen (secondary N) is 1. The van der Waals surface area contributed by atoms with Gasteiger partial charge in [-0.05, 0) is 30.2 Å². The third-order valence-electron chi connectivity index (χ3n) is 3.99. The number of hydrogen-bond donors (Lipinski definition) is 1. The molecule has 2 atom stereocenters. The van der Waals surface area contributed by atoms with E-state index in [1.165, 1.54) is 14.2 Å². The van der Waals surface area contributed by atoms with E-state index in [1.54, 1.807) is 43.3 Å². The van der Waals surface area contributed by atoms with Crippen molar-refractivity contribution >= 4 is 25.2 Å². The van der Waals surface area contributed by atoms with Gasteiger partial charge in [0, 0.05) is 19.2 Å². The molecule has 0 amide bonds. The van der Waals surface area contributed by atoms with Crippen LogP contribution in [0.15, 0.2) is 54.6 Å². The second-order valence-electron chi connectivity index (χ2n) is 5.62. The van der Waals surface area contributed by atoms with Gasteiger partial charge in [-0.1, -0.05) is 54.1 Å². The number of esters is 1. The van der Waals surface area contributed by atoms with Crippen molar-refractivity contribution in [3.8, 4) is 0 Å². The van der Waals surface area contributed by atoms with Gasteiger partial charge in [-0.2, -0.15) is 0 Å². The summed E-state index contributed by atoms with van der Waals surface area (Å²) < 4.78 is 28.8. The first kappa shape index (κ1) is 21.6. The summed E-state index contributed by atoms with van der Waals surface area (Å²) in [4.78, 5) is 12.6. The average Bonchev–Trinajstić information content (AvgIpc) is 2.70. The Labute approximate surface area is 164 Å². The molecule has 0 saturated heterocycles. The van der Waals surface area contributed by atoms with E-state index in [2.05, 4.69) is 5.32 Å². The van der Waals surface area contributed by atoms with Crippen LogP contribution in [0.1, 0.15) is 29.9 Å². The molecule has 0 aliphatic rings. The van der Waals surface area contributed by atoms with Gasteiger partial charge in [-0.25, -0.2) is 4.79 Å². The SMILES string of the molecule is CCOC(=O)[C@@H](NC(c1ccc(Cl)cc1)P(=O)(OC)OC)c1ccccc1. The van der Waals surface area contributed by atoms with E-state index in [1.807, 2.05) is 18.2 Å². The fourth-order valence-corrected chi connectivity index (χ4v) is 4.20. The highest BCUT2D eigenvalue weighted by molar-refractivity contribution is 7.54. The lowest BCUT2D eigenvalue weighted by Crippen LogP contribution is -2.34. The van der Waals surface area contributed by atoms with Gasteiger partial charge in [-0.3, -0.25) is 9.88 Å². The molecule has 0 aromatic heterocycles. The first-order valence-electron chi connectivity index (χ1n) is 8.39. The molecule has 0 radical (unpaired) electrons. The number of carbonyl (C=O) groups excluding carboxylic acids is 1. The molecule has 2 aromatic carbocycles. The van der Waals surface area contributed by atoms with Crippen molar-refractivity contribution in [3.63, 3.8) is 0 Å². The van der Waals surface area contributed by atoms with E-state index < -0.39 is 25.4 Å². The highest BCUT2D eigenvalue weighted by atomic mass is 35.5. The molecule has 0 aliphatic heterocycles. The molecule has 0 heterocycles. The summed E-state index contributed by atoms with van der Waals surface area (Å²) in [6, 6.07) is 14.9. The lowest BCUT2D eigenvalue weighted by atomic mass is 10.1. The van der Waals surface area contributed by atoms with Gasteiger partial charge in [0.1, 0.15) is 11.8 Å². The quantitative estimate of drug-likeness (QED) is 0.475. The standard InChI is InChI=1S/C19H23ClNO5P/c1-4-26-19(22)17(14-8-6-5-7-9-14)21-18(27(23,24-2)25-3)15-10-12-16(20)13-11-15/h5-13,17-18,21H,4H2,1-3H3/t17-,18?/m0/s1. The van der Waals surface area contributed by atoms with Crippen molar-refractivity contribution in [2.24, 2.45) is 0 Å². The predicted molar refractivity (Wildman–Crippen MR) is 105 cm³/mol. The van der Waals surface area contributed by atoms with E-state index in [9.17, 15) is 9.36 Å². The summed E-state index contributed by atoms with van der Waals surface area (Å²) >= 11 is 5.97. The Morgan fingerprint density at radius 3 is 2.15 bits per heavy atom. The van der Waals surface area contributed by atoms with Crippen LogP contribution in [0.3, 0.4) is 0 Å².